The molecule has 0 spiro atoms. The molecule has 1 heterocycles. The van der Waals surface area contributed by atoms with E-state index >= 15 is 0 Å². The van der Waals surface area contributed by atoms with E-state index in [0.717, 1.165) is 5.56 Å². The molecule has 0 unspecified atom stereocenters. The minimum absolute atomic E-state index is 0.242. The van der Waals surface area contributed by atoms with Crippen LogP contribution in [0.2, 0.25) is 0 Å². The fraction of sp³-hybridized carbons (Fsp3) is 0.0833. The lowest BCUT2D eigenvalue weighted by atomic mass is 10.1. The summed E-state index contributed by atoms with van der Waals surface area (Å²) in [6.07, 6.45) is 0. The van der Waals surface area contributed by atoms with Crippen LogP contribution in [-0.4, -0.2) is 15.9 Å². The van der Waals surface area contributed by atoms with Gasteiger partial charge >= 0.3 is 0 Å². The van der Waals surface area contributed by atoms with E-state index in [-0.39, 0.29) is 5.69 Å². The molecule has 0 bridgehead atoms. The van der Waals surface area contributed by atoms with E-state index < -0.39 is 5.91 Å². The number of carbonyl (C=O) groups is 1. The van der Waals surface area contributed by atoms with E-state index in [0.29, 0.717) is 11.5 Å². The molecule has 0 fully saturated rings. The molecule has 2 aromatic rings. The Bertz CT molecular complexity index is 523. The summed E-state index contributed by atoms with van der Waals surface area (Å²) in [4.78, 5) is 19.3. The van der Waals surface area contributed by atoms with Gasteiger partial charge in [-0.2, -0.15) is 0 Å². The maximum absolute atomic E-state index is 11.1. The molecule has 0 aliphatic carbocycles. The maximum Gasteiger partial charge on any atom is 0.267 e. The van der Waals surface area contributed by atoms with E-state index in [2.05, 4.69) is 9.97 Å². The number of amides is 1. The molecule has 0 radical (unpaired) electrons. The monoisotopic (exact) mass is 213 g/mol. The molecule has 0 saturated carbocycles. The summed E-state index contributed by atoms with van der Waals surface area (Å²) in [7, 11) is 0. The Kier molecular flexibility index (Phi) is 2.64. The zero-order valence-electron chi connectivity index (χ0n) is 8.84. The molecule has 1 aromatic heterocycles. The van der Waals surface area contributed by atoms with E-state index in [4.69, 9.17) is 5.73 Å². The smallest absolute Gasteiger partial charge is 0.267 e. The Morgan fingerprint density at radius 2 is 1.88 bits per heavy atom. The quantitative estimate of drug-likeness (QED) is 0.822. The lowest BCUT2D eigenvalue weighted by Gasteiger charge is -2.03. The average Bonchev–Trinajstić information content (AvgIpc) is 2.29. The van der Waals surface area contributed by atoms with Gasteiger partial charge in [-0.25, -0.2) is 9.97 Å². The Labute approximate surface area is 93.2 Å². The first-order valence-corrected chi connectivity index (χ1v) is 4.88. The standard InChI is InChI=1S/C12H11N3O/c1-8-14-10(7-11(15-8)12(13)16)9-5-3-2-4-6-9/h2-7H,1H3,(H2,13,16). The summed E-state index contributed by atoms with van der Waals surface area (Å²) in [6, 6.07) is 11.2. The summed E-state index contributed by atoms with van der Waals surface area (Å²) < 4.78 is 0. The Hall–Kier alpha value is -2.23. The third-order valence-corrected chi connectivity index (χ3v) is 2.16. The fourth-order valence-electron chi connectivity index (χ4n) is 1.45. The largest absolute Gasteiger partial charge is 0.364 e. The van der Waals surface area contributed by atoms with Crippen LogP contribution in [-0.2, 0) is 0 Å². The van der Waals surface area contributed by atoms with Crippen LogP contribution in [0.1, 0.15) is 16.3 Å². The predicted molar refractivity (Wildman–Crippen MR) is 60.7 cm³/mol. The number of aromatic nitrogens is 2. The molecule has 1 amide bonds. The van der Waals surface area contributed by atoms with Gasteiger partial charge < -0.3 is 5.73 Å². The minimum atomic E-state index is -0.539. The molecule has 4 nitrogen and oxygen atoms in total. The number of carbonyl (C=O) groups excluding carboxylic acids is 1. The van der Waals surface area contributed by atoms with Crippen molar-refractivity contribution in [3.8, 4) is 11.3 Å². The summed E-state index contributed by atoms with van der Waals surface area (Å²) >= 11 is 0. The van der Waals surface area contributed by atoms with Crippen molar-refractivity contribution >= 4 is 5.91 Å². The summed E-state index contributed by atoms with van der Waals surface area (Å²) in [5.41, 5.74) is 7.09. The van der Waals surface area contributed by atoms with Crippen LogP contribution in [0.3, 0.4) is 0 Å². The molecule has 2 rings (SSSR count). The molecule has 16 heavy (non-hydrogen) atoms. The van der Waals surface area contributed by atoms with Crippen LogP contribution in [0.25, 0.3) is 11.3 Å². The van der Waals surface area contributed by atoms with Crippen LogP contribution in [0.4, 0.5) is 0 Å². The maximum atomic E-state index is 11.1. The number of rotatable bonds is 2. The molecule has 0 aliphatic heterocycles. The van der Waals surface area contributed by atoms with Gasteiger partial charge in [0.25, 0.3) is 5.91 Å². The van der Waals surface area contributed by atoms with E-state index in [1.165, 1.54) is 0 Å². The van der Waals surface area contributed by atoms with Crippen molar-refractivity contribution < 1.29 is 4.79 Å². The molecule has 4 heteroatoms. The number of hydrogen-bond acceptors (Lipinski definition) is 3. The lowest BCUT2D eigenvalue weighted by molar-refractivity contribution is 0.0995. The van der Waals surface area contributed by atoms with Crippen molar-refractivity contribution in [1.29, 1.82) is 0 Å². The van der Waals surface area contributed by atoms with Crippen LogP contribution in [0, 0.1) is 6.92 Å². The van der Waals surface area contributed by atoms with Crippen molar-refractivity contribution in [3.63, 3.8) is 0 Å². The van der Waals surface area contributed by atoms with Gasteiger partial charge in [0.15, 0.2) is 0 Å². The summed E-state index contributed by atoms with van der Waals surface area (Å²) in [6.45, 7) is 1.74. The van der Waals surface area contributed by atoms with Crippen molar-refractivity contribution in [2.45, 2.75) is 6.92 Å². The van der Waals surface area contributed by atoms with Gasteiger partial charge in [0.05, 0.1) is 5.69 Å². The second-order valence-electron chi connectivity index (χ2n) is 3.42. The third kappa shape index (κ3) is 2.06. The van der Waals surface area contributed by atoms with Gasteiger partial charge in [0.2, 0.25) is 0 Å². The Morgan fingerprint density at radius 1 is 1.19 bits per heavy atom. The van der Waals surface area contributed by atoms with Gasteiger partial charge in [-0.05, 0) is 13.0 Å². The van der Waals surface area contributed by atoms with Crippen LogP contribution in [0.5, 0.6) is 0 Å². The zero-order chi connectivity index (χ0) is 11.5. The normalized spacial score (nSPS) is 10.1. The van der Waals surface area contributed by atoms with E-state index in [9.17, 15) is 4.79 Å². The highest BCUT2D eigenvalue weighted by Crippen LogP contribution is 2.16. The average molecular weight is 213 g/mol. The molecule has 80 valence electrons. The number of benzene rings is 1. The van der Waals surface area contributed by atoms with Crippen molar-refractivity contribution in [1.82, 2.24) is 9.97 Å². The summed E-state index contributed by atoms with van der Waals surface area (Å²) in [5.74, 6) is -0.00201. The van der Waals surface area contributed by atoms with Crippen LogP contribution < -0.4 is 5.73 Å². The number of hydrogen-bond donors (Lipinski definition) is 1. The molecule has 2 N–H and O–H groups in total. The first-order valence-electron chi connectivity index (χ1n) is 4.88. The highest BCUT2D eigenvalue weighted by Gasteiger charge is 2.07. The number of aryl methyl sites for hydroxylation is 1. The van der Waals surface area contributed by atoms with Crippen molar-refractivity contribution in [2.75, 3.05) is 0 Å². The van der Waals surface area contributed by atoms with Gasteiger partial charge in [-0.3, -0.25) is 4.79 Å². The number of primary amides is 1. The Balaban J connectivity index is 2.54. The van der Waals surface area contributed by atoms with E-state index in [1.807, 2.05) is 30.3 Å². The SMILES string of the molecule is Cc1nc(C(N)=O)cc(-c2ccccc2)n1. The summed E-state index contributed by atoms with van der Waals surface area (Å²) in [5, 5.41) is 0. The first-order chi connectivity index (χ1) is 7.66. The molecular formula is C12H11N3O. The molecule has 0 aliphatic rings. The molecule has 0 atom stereocenters. The van der Waals surface area contributed by atoms with Crippen LogP contribution in [0.15, 0.2) is 36.4 Å². The predicted octanol–water partition coefficient (Wildman–Crippen LogP) is 1.55. The lowest BCUT2D eigenvalue weighted by Crippen LogP contribution is -2.14. The van der Waals surface area contributed by atoms with E-state index in [1.54, 1.807) is 13.0 Å². The second kappa shape index (κ2) is 4.10. The minimum Gasteiger partial charge on any atom is -0.364 e. The molecule has 0 saturated heterocycles. The highest BCUT2D eigenvalue weighted by molar-refractivity contribution is 5.91. The molecular weight excluding hydrogens is 202 g/mol. The molecule has 1 aromatic carbocycles. The highest BCUT2D eigenvalue weighted by atomic mass is 16.1. The van der Waals surface area contributed by atoms with Gasteiger partial charge in [-0.1, -0.05) is 30.3 Å². The number of nitrogens with two attached hydrogens (primary N) is 1. The fourth-order valence-corrected chi connectivity index (χ4v) is 1.45. The first kappa shape index (κ1) is 10.3. The van der Waals surface area contributed by atoms with Crippen molar-refractivity contribution in [3.05, 3.63) is 47.9 Å². The number of nitrogens with zero attached hydrogens (tertiary/aromatic N) is 2. The van der Waals surface area contributed by atoms with Gasteiger partial charge in [-0.15, -0.1) is 0 Å². The second-order valence-corrected chi connectivity index (χ2v) is 3.42. The van der Waals surface area contributed by atoms with Gasteiger partial charge in [0.1, 0.15) is 11.5 Å². The Morgan fingerprint density at radius 3 is 2.50 bits per heavy atom. The van der Waals surface area contributed by atoms with Gasteiger partial charge in [0, 0.05) is 5.56 Å². The zero-order valence-corrected chi connectivity index (χ0v) is 8.84. The van der Waals surface area contributed by atoms with Crippen LogP contribution >= 0.6 is 0 Å². The van der Waals surface area contributed by atoms with Crippen molar-refractivity contribution in [2.24, 2.45) is 5.73 Å². The topological polar surface area (TPSA) is 68.9 Å². The third-order valence-electron chi connectivity index (χ3n) is 2.16.